The first kappa shape index (κ1) is 17.5. The van der Waals surface area contributed by atoms with E-state index in [1.807, 2.05) is 12.1 Å². The Morgan fingerprint density at radius 1 is 1.15 bits per heavy atom. The Hall–Kier alpha value is -1.88. The first-order valence-electron chi connectivity index (χ1n) is 10.0. The van der Waals surface area contributed by atoms with Gasteiger partial charge in [0.25, 0.3) is 0 Å². The van der Waals surface area contributed by atoms with Gasteiger partial charge in [-0.15, -0.1) is 0 Å². The minimum Gasteiger partial charge on any atom is -0.366 e. The van der Waals surface area contributed by atoms with Gasteiger partial charge in [0.05, 0.1) is 0 Å². The molecule has 2 amide bonds. The predicted molar refractivity (Wildman–Crippen MR) is 101 cm³/mol. The molecule has 1 heterocycles. The van der Waals surface area contributed by atoms with Crippen molar-refractivity contribution in [2.45, 2.75) is 57.0 Å². The van der Waals surface area contributed by atoms with Gasteiger partial charge in [-0.2, -0.15) is 0 Å². The van der Waals surface area contributed by atoms with Crippen LogP contribution in [0.2, 0.25) is 0 Å². The normalized spacial score (nSPS) is 29.3. The highest BCUT2D eigenvalue weighted by Crippen LogP contribution is 2.49. The van der Waals surface area contributed by atoms with Crippen molar-refractivity contribution in [3.63, 3.8) is 0 Å². The van der Waals surface area contributed by atoms with E-state index in [9.17, 15) is 9.59 Å². The monoisotopic (exact) mass is 355 g/mol. The van der Waals surface area contributed by atoms with Gasteiger partial charge in [-0.1, -0.05) is 25.5 Å². The summed E-state index contributed by atoms with van der Waals surface area (Å²) < 4.78 is 0. The second kappa shape index (κ2) is 7.03. The summed E-state index contributed by atoms with van der Waals surface area (Å²) in [5.41, 5.74) is 6.97. The summed E-state index contributed by atoms with van der Waals surface area (Å²) in [6, 6.07) is 8.55. The lowest BCUT2D eigenvalue weighted by molar-refractivity contribution is -0.138. The number of nitrogens with zero attached hydrogens (tertiary/aromatic N) is 2. The molecular weight excluding hydrogens is 326 g/mol. The van der Waals surface area contributed by atoms with Crippen molar-refractivity contribution in [3.8, 4) is 0 Å². The molecular formula is C21H29N3O2. The lowest BCUT2D eigenvalue weighted by atomic mass is 9.90. The molecule has 1 aliphatic heterocycles. The van der Waals surface area contributed by atoms with Crippen LogP contribution < -0.4 is 5.73 Å². The van der Waals surface area contributed by atoms with Crippen LogP contribution in [0.3, 0.4) is 0 Å². The Bertz CT molecular complexity index is 683. The van der Waals surface area contributed by atoms with E-state index < -0.39 is 5.91 Å². The zero-order chi connectivity index (χ0) is 18.3. The molecule has 5 heteroatoms. The molecule has 2 saturated carbocycles. The summed E-state index contributed by atoms with van der Waals surface area (Å²) in [5.74, 6) is 0.328. The molecule has 0 unspecified atom stereocenters. The Morgan fingerprint density at radius 2 is 1.88 bits per heavy atom. The zero-order valence-electron chi connectivity index (χ0n) is 15.6. The lowest BCUT2D eigenvalue weighted by Gasteiger charge is -2.47. The quantitative estimate of drug-likeness (QED) is 0.882. The van der Waals surface area contributed by atoms with Crippen molar-refractivity contribution in [1.82, 2.24) is 9.80 Å². The first-order valence-corrected chi connectivity index (χ1v) is 10.0. The molecule has 0 radical (unpaired) electrons. The zero-order valence-corrected chi connectivity index (χ0v) is 15.6. The maximum atomic E-state index is 13.1. The third kappa shape index (κ3) is 3.25. The van der Waals surface area contributed by atoms with Crippen LogP contribution in [-0.4, -0.2) is 53.3 Å². The third-order valence-corrected chi connectivity index (χ3v) is 6.59. The molecule has 3 fully saturated rings. The molecule has 5 nitrogen and oxygen atoms in total. The first-order chi connectivity index (χ1) is 12.6. The van der Waals surface area contributed by atoms with Crippen LogP contribution in [0.25, 0.3) is 0 Å². The van der Waals surface area contributed by atoms with Gasteiger partial charge < -0.3 is 10.6 Å². The van der Waals surface area contributed by atoms with Crippen LogP contribution in [0.15, 0.2) is 24.3 Å². The van der Waals surface area contributed by atoms with Gasteiger partial charge in [0.2, 0.25) is 11.8 Å². The summed E-state index contributed by atoms with van der Waals surface area (Å²) in [5, 5.41) is 0. The highest BCUT2D eigenvalue weighted by atomic mass is 16.2. The Morgan fingerprint density at radius 3 is 2.46 bits per heavy atom. The van der Waals surface area contributed by atoms with Crippen molar-refractivity contribution < 1.29 is 9.59 Å². The summed E-state index contributed by atoms with van der Waals surface area (Å²) in [6.45, 7) is 5.13. The molecule has 3 atom stereocenters. The number of piperazine rings is 1. The molecule has 1 saturated heterocycles. The highest BCUT2D eigenvalue weighted by molar-refractivity contribution is 5.92. The van der Waals surface area contributed by atoms with E-state index in [1.54, 1.807) is 12.1 Å². The SMILES string of the molecule is CC[C@H]1CN(C2CCC2)CCN1C(=O)[C@H]1C[C@@H]1c1ccc(C(N)=O)cc1. The number of hydrogen-bond acceptors (Lipinski definition) is 3. The number of benzene rings is 1. The van der Waals surface area contributed by atoms with Crippen LogP contribution >= 0.6 is 0 Å². The van der Waals surface area contributed by atoms with Crippen LogP contribution in [0.5, 0.6) is 0 Å². The summed E-state index contributed by atoms with van der Waals surface area (Å²) >= 11 is 0. The van der Waals surface area contributed by atoms with E-state index >= 15 is 0 Å². The molecule has 4 rings (SSSR count). The van der Waals surface area contributed by atoms with Crippen molar-refractivity contribution in [2.75, 3.05) is 19.6 Å². The maximum absolute atomic E-state index is 13.1. The fourth-order valence-electron chi connectivity index (χ4n) is 4.55. The van der Waals surface area contributed by atoms with Crippen molar-refractivity contribution in [2.24, 2.45) is 11.7 Å². The second-order valence-corrected chi connectivity index (χ2v) is 8.11. The molecule has 140 valence electrons. The number of primary amides is 1. The molecule has 0 spiro atoms. The largest absolute Gasteiger partial charge is 0.366 e. The molecule has 1 aromatic rings. The van der Waals surface area contributed by atoms with Gasteiger partial charge in [-0.25, -0.2) is 0 Å². The molecule has 2 aliphatic carbocycles. The standard InChI is InChI=1S/C21H29N3O2/c1-2-16-13-23(17-4-3-5-17)10-11-24(16)21(26)19-12-18(19)14-6-8-15(9-7-14)20(22)25/h6-9,16-19H,2-5,10-13H2,1H3,(H2,22,25)/t16-,18+,19-/m0/s1. The Kier molecular flexibility index (Phi) is 4.74. The minimum atomic E-state index is -0.407. The van der Waals surface area contributed by atoms with E-state index in [2.05, 4.69) is 16.7 Å². The van der Waals surface area contributed by atoms with Gasteiger partial charge >= 0.3 is 0 Å². The number of nitrogens with two attached hydrogens (primary N) is 1. The molecule has 3 aliphatic rings. The van der Waals surface area contributed by atoms with E-state index in [0.717, 1.165) is 44.1 Å². The minimum absolute atomic E-state index is 0.110. The smallest absolute Gasteiger partial charge is 0.248 e. The topological polar surface area (TPSA) is 66.6 Å². The van der Waals surface area contributed by atoms with Crippen LogP contribution in [0.1, 0.15) is 60.9 Å². The highest BCUT2D eigenvalue weighted by Gasteiger charge is 2.47. The summed E-state index contributed by atoms with van der Waals surface area (Å²) in [4.78, 5) is 29.0. The van der Waals surface area contributed by atoms with Crippen LogP contribution in [0, 0.1) is 5.92 Å². The molecule has 0 bridgehead atoms. The number of carbonyl (C=O) groups excluding carboxylic acids is 2. The predicted octanol–water partition coefficient (Wildman–Crippen LogP) is 2.36. The molecule has 2 N–H and O–H groups in total. The average Bonchev–Trinajstić information content (AvgIpc) is 3.40. The van der Waals surface area contributed by atoms with Gasteiger partial charge in [0, 0.05) is 43.2 Å². The molecule has 1 aromatic carbocycles. The summed E-state index contributed by atoms with van der Waals surface area (Å²) in [7, 11) is 0. The number of amides is 2. The lowest BCUT2D eigenvalue weighted by Crippen LogP contribution is -2.58. The molecule has 0 aromatic heterocycles. The summed E-state index contributed by atoms with van der Waals surface area (Å²) in [6.07, 6.45) is 5.97. The van der Waals surface area contributed by atoms with Crippen LogP contribution in [-0.2, 0) is 4.79 Å². The fraction of sp³-hybridized carbons (Fsp3) is 0.619. The average molecular weight is 355 g/mol. The Balaban J connectivity index is 1.38. The number of carbonyl (C=O) groups is 2. The van der Waals surface area contributed by atoms with Gasteiger partial charge in [-0.3, -0.25) is 14.5 Å². The van der Waals surface area contributed by atoms with E-state index in [0.29, 0.717) is 23.4 Å². The third-order valence-electron chi connectivity index (χ3n) is 6.59. The van der Waals surface area contributed by atoms with Gasteiger partial charge in [0.1, 0.15) is 0 Å². The van der Waals surface area contributed by atoms with Gasteiger partial charge in [0.15, 0.2) is 0 Å². The van der Waals surface area contributed by atoms with Crippen molar-refractivity contribution >= 4 is 11.8 Å². The van der Waals surface area contributed by atoms with Gasteiger partial charge in [-0.05, 0) is 49.3 Å². The van der Waals surface area contributed by atoms with Crippen molar-refractivity contribution in [3.05, 3.63) is 35.4 Å². The number of hydrogen-bond donors (Lipinski definition) is 1. The fourth-order valence-corrected chi connectivity index (χ4v) is 4.55. The Labute approximate surface area is 155 Å². The van der Waals surface area contributed by atoms with Crippen LogP contribution in [0.4, 0.5) is 0 Å². The number of rotatable bonds is 5. The van der Waals surface area contributed by atoms with E-state index in [1.165, 1.54) is 19.3 Å². The van der Waals surface area contributed by atoms with E-state index in [-0.39, 0.29) is 5.92 Å². The van der Waals surface area contributed by atoms with Crippen molar-refractivity contribution in [1.29, 1.82) is 0 Å². The van der Waals surface area contributed by atoms with E-state index in [4.69, 9.17) is 5.73 Å². The second-order valence-electron chi connectivity index (χ2n) is 8.11. The maximum Gasteiger partial charge on any atom is 0.248 e. The molecule has 26 heavy (non-hydrogen) atoms.